The molecule has 116 valence electrons. The Morgan fingerprint density at radius 3 is 2.14 bits per heavy atom. The lowest BCUT2D eigenvalue weighted by Crippen LogP contribution is -2.08. The van der Waals surface area contributed by atoms with E-state index in [1.54, 1.807) is 13.8 Å². The van der Waals surface area contributed by atoms with E-state index < -0.39 is 7.60 Å². The van der Waals surface area contributed by atoms with Crippen LogP contribution in [-0.2, 0) is 18.4 Å². The Hall–Kier alpha value is -1.22. The van der Waals surface area contributed by atoms with Crippen LogP contribution < -0.4 is 0 Å². The molecule has 0 bridgehead atoms. The minimum absolute atomic E-state index is 0.224. The molecule has 1 aromatic rings. The average Bonchev–Trinajstić information content (AvgIpc) is 2.39. The Morgan fingerprint density at radius 1 is 1.14 bits per heavy atom. The van der Waals surface area contributed by atoms with Crippen LogP contribution in [0.1, 0.15) is 31.9 Å². The zero-order chi connectivity index (χ0) is 15.9. The summed E-state index contributed by atoms with van der Waals surface area (Å²) in [5.74, 6) is -0.252. The Kier molecular flexibility index (Phi) is 7.03. The molecule has 0 aliphatic heterocycles. The Balaban J connectivity index is 2.81. The van der Waals surface area contributed by atoms with Gasteiger partial charge in [0.1, 0.15) is 6.16 Å². The molecule has 21 heavy (non-hydrogen) atoms. The summed E-state index contributed by atoms with van der Waals surface area (Å²) in [6.07, 6.45) is 1.27. The van der Waals surface area contributed by atoms with Crippen molar-refractivity contribution in [3.63, 3.8) is 0 Å². The second-order valence-corrected chi connectivity index (χ2v) is 6.82. The monoisotopic (exact) mass is 310 g/mol. The van der Waals surface area contributed by atoms with Gasteiger partial charge >= 0.3 is 7.60 Å². The predicted octanol–water partition coefficient (Wildman–Crippen LogP) is 4.23. The fourth-order valence-corrected chi connectivity index (χ4v) is 3.42. The smallest absolute Gasteiger partial charge is 0.309 e. The highest BCUT2D eigenvalue weighted by Crippen LogP contribution is 2.47. The van der Waals surface area contributed by atoms with E-state index in [-0.39, 0.29) is 25.2 Å². The molecule has 0 fully saturated rings. The number of hydrogen-bond acceptors (Lipinski definition) is 4. The molecule has 0 amide bonds. The molecule has 0 aliphatic carbocycles. The summed E-state index contributed by atoms with van der Waals surface area (Å²) in [6, 6.07) is 7.89. The van der Waals surface area contributed by atoms with E-state index in [0.29, 0.717) is 0 Å². The maximum Gasteiger partial charge on any atom is 0.338 e. The van der Waals surface area contributed by atoms with Crippen molar-refractivity contribution in [2.75, 3.05) is 19.4 Å². The Labute approximate surface area is 126 Å². The first-order valence-corrected chi connectivity index (χ1v) is 8.79. The van der Waals surface area contributed by atoms with Gasteiger partial charge < -0.3 is 9.05 Å². The van der Waals surface area contributed by atoms with Gasteiger partial charge in [-0.05, 0) is 44.9 Å². The van der Waals surface area contributed by atoms with Crippen molar-refractivity contribution in [1.29, 1.82) is 0 Å². The van der Waals surface area contributed by atoms with Crippen LogP contribution in [0, 0.1) is 6.92 Å². The van der Waals surface area contributed by atoms with Gasteiger partial charge in [-0.3, -0.25) is 9.36 Å². The van der Waals surface area contributed by atoms with Gasteiger partial charge in [-0.2, -0.15) is 0 Å². The van der Waals surface area contributed by atoms with Crippen molar-refractivity contribution in [3.05, 3.63) is 41.5 Å². The van der Waals surface area contributed by atoms with Gasteiger partial charge in [0.25, 0.3) is 0 Å². The van der Waals surface area contributed by atoms with Gasteiger partial charge in [0.15, 0.2) is 5.78 Å². The molecule has 0 saturated carbocycles. The molecular formula is C16H23O4P. The lowest BCUT2D eigenvalue weighted by molar-refractivity contribution is -0.112. The molecule has 0 aliphatic rings. The molecule has 0 unspecified atom stereocenters. The van der Waals surface area contributed by atoms with Crippen LogP contribution in [0.2, 0.25) is 0 Å². The van der Waals surface area contributed by atoms with Crippen molar-refractivity contribution in [1.82, 2.24) is 0 Å². The summed E-state index contributed by atoms with van der Waals surface area (Å²) < 4.78 is 22.5. The summed E-state index contributed by atoms with van der Waals surface area (Å²) in [6.45, 7) is 7.83. The van der Waals surface area contributed by atoms with E-state index in [2.05, 4.69) is 0 Å². The first-order chi connectivity index (χ1) is 9.90. The number of carbonyl (C=O) groups excluding carboxylic acids is 1. The quantitative estimate of drug-likeness (QED) is 0.532. The van der Waals surface area contributed by atoms with Crippen molar-refractivity contribution in [3.8, 4) is 0 Å². The second-order valence-electron chi connectivity index (χ2n) is 4.76. The van der Waals surface area contributed by atoms with Crippen LogP contribution in [0.4, 0.5) is 0 Å². The molecule has 1 rings (SSSR count). The summed E-state index contributed by atoms with van der Waals surface area (Å²) in [5, 5.41) is 0. The predicted molar refractivity (Wildman–Crippen MR) is 85.6 cm³/mol. The van der Waals surface area contributed by atoms with Crippen molar-refractivity contribution >= 4 is 19.0 Å². The van der Waals surface area contributed by atoms with E-state index in [9.17, 15) is 9.36 Å². The van der Waals surface area contributed by atoms with Crippen LogP contribution >= 0.6 is 7.60 Å². The highest BCUT2D eigenvalue weighted by Gasteiger charge is 2.26. The summed E-state index contributed by atoms with van der Waals surface area (Å²) >= 11 is 0. The molecule has 0 N–H and O–H groups in total. The van der Waals surface area contributed by atoms with E-state index >= 15 is 0 Å². The lowest BCUT2D eigenvalue weighted by Gasteiger charge is -2.15. The maximum atomic E-state index is 12.3. The van der Waals surface area contributed by atoms with Crippen LogP contribution in [0.5, 0.6) is 0 Å². The van der Waals surface area contributed by atoms with Gasteiger partial charge in [-0.15, -0.1) is 0 Å². The fourth-order valence-electron chi connectivity index (χ4n) is 1.90. The molecule has 0 aromatic heterocycles. The number of ketones is 1. The number of hydrogen-bond donors (Lipinski definition) is 0. The molecule has 0 heterocycles. The topological polar surface area (TPSA) is 52.6 Å². The summed E-state index contributed by atoms with van der Waals surface area (Å²) in [5.41, 5.74) is 2.96. The van der Waals surface area contributed by atoms with Crippen LogP contribution in [0.3, 0.4) is 0 Å². The fraction of sp³-hybridized carbons (Fsp3) is 0.438. The highest BCUT2D eigenvalue weighted by molar-refractivity contribution is 7.54. The average molecular weight is 310 g/mol. The normalized spacial score (nSPS) is 12.5. The lowest BCUT2D eigenvalue weighted by atomic mass is 10.0. The molecule has 0 radical (unpaired) electrons. The number of rotatable bonds is 8. The minimum Gasteiger partial charge on any atom is -0.309 e. The minimum atomic E-state index is -3.33. The van der Waals surface area contributed by atoms with E-state index in [1.807, 2.05) is 38.1 Å². The van der Waals surface area contributed by atoms with Gasteiger partial charge in [0.05, 0.1) is 13.2 Å². The summed E-state index contributed by atoms with van der Waals surface area (Å²) in [7, 11) is -3.33. The van der Waals surface area contributed by atoms with E-state index in [4.69, 9.17) is 9.05 Å². The van der Waals surface area contributed by atoms with Crippen molar-refractivity contribution in [2.24, 2.45) is 0 Å². The number of carbonyl (C=O) groups is 1. The molecule has 0 spiro atoms. The third-order valence-electron chi connectivity index (χ3n) is 2.89. The van der Waals surface area contributed by atoms with Crippen molar-refractivity contribution < 1.29 is 18.4 Å². The second kappa shape index (κ2) is 8.28. The van der Waals surface area contributed by atoms with Crippen LogP contribution in [0.25, 0.3) is 5.57 Å². The Morgan fingerprint density at radius 2 is 1.67 bits per heavy atom. The zero-order valence-corrected chi connectivity index (χ0v) is 14.0. The molecule has 0 saturated heterocycles. The van der Waals surface area contributed by atoms with Gasteiger partial charge in [0.2, 0.25) is 0 Å². The molecule has 1 aromatic carbocycles. The molecule has 0 atom stereocenters. The van der Waals surface area contributed by atoms with Gasteiger partial charge in [-0.1, -0.05) is 29.8 Å². The zero-order valence-electron chi connectivity index (χ0n) is 13.1. The largest absolute Gasteiger partial charge is 0.338 e. The highest BCUT2D eigenvalue weighted by atomic mass is 31.2. The molecular weight excluding hydrogens is 287 g/mol. The van der Waals surface area contributed by atoms with Crippen LogP contribution in [-0.4, -0.2) is 25.2 Å². The summed E-state index contributed by atoms with van der Waals surface area (Å²) in [4.78, 5) is 12.1. The number of allylic oxidation sites excluding steroid dienone is 2. The third-order valence-corrected chi connectivity index (χ3v) is 4.89. The maximum absolute atomic E-state index is 12.3. The number of benzene rings is 1. The first kappa shape index (κ1) is 17.8. The third kappa shape index (κ3) is 5.96. The van der Waals surface area contributed by atoms with Gasteiger partial charge in [-0.25, -0.2) is 0 Å². The van der Waals surface area contributed by atoms with Crippen LogP contribution in [0.15, 0.2) is 30.3 Å². The number of aryl methyl sites for hydroxylation is 1. The molecule has 4 nitrogen and oxygen atoms in total. The standard InChI is InChI=1S/C16H23O4P/c1-5-19-21(18,20-6-2)12-16(17)11-14(4)15-9-7-13(3)8-10-15/h7-11H,5-6,12H2,1-4H3/b14-11+. The SMILES string of the molecule is CCOP(=O)(CC(=O)/C=C(\C)c1ccc(C)cc1)OCC. The van der Waals surface area contributed by atoms with E-state index in [1.165, 1.54) is 6.08 Å². The molecule has 5 heteroatoms. The van der Waals surface area contributed by atoms with Crippen molar-refractivity contribution in [2.45, 2.75) is 27.7 Å². The van der Waals surface area contributed by atoms with E-state index in [0.717, 1.165) is 16.7 Å². The van der Waals surface area contributed by atoms with Gasteiger partial charge in [0, 0.05) is 0 Å². The Bertz CT molecular complexity index is 536. The first-order valence-electron chi connectivity index (χ1n) is 7.06.